The number of aromatic nitrogens is 1. The maximum atomic E-state index is 12.4. The maximum absolute atomic E-state index is 12.4. The second kappa shape index (κ2) is 7.15. The number of nitrogens with zero attached hydrogens (tertiary/aromatic N) is 1. The van der Waals surface area contributed by atoms with E-state index in [9.17, 15) is 4.79 Å². The van der Waals surface area contributed by atoms with Crippen LogP contribution in [0.3, 0.4) is 0 Å². The molecule has 31 heavy (non-hydrogen) atoms. The first-order chi connectivity index (χ1) is 15.2. The van der Waals surface area contributed by atoms with E-state index >= 15 is 0 Å². The lowest BCUT2D eigenvalue weighted by atomic mass is 9.81. The van der Waals surface area contributed by atoms with Gasteiger partial charge in [-0.3, -0.25) is 4.79 Å². The third-order valence-corrected chi connectivity index (χ3v) is 7.86. The van der Waals surface area contributed by atoms with Gasteiger partial charge >= 0.3 is 0 Å². The summed E-state index contributed by atoms with van der Waals surface area (Å²) in [5.41, 5.74) is 7.73. The van der Waals surface area contributed by atoms with Crippen LogP contribution in [0.5, 0.6) is 5.75 Å². The standard InChI is InChI=1S/C27H30N2O2/c1-28-27(30)17-8-10-21-24(13-17)29-15-18-12-22(18)23-14-19(31-2)9-11-20(23)26(29)25(21)16-6-4-3-5-7-16/h8-11,13-14,16,18,22H,3-7,12,15H2,1-2H3,(H,28,30)/t18?,22-/m1/s1. The van der Waals surface area contributed by atoms with Crippen molar-refractivity contribution in [1.82, 2.24) is 9.88 Å². The first-order valence-electron chi connectivity index (χ1n) is 11.8. The van der Waals surface area contributed by atoms with Crippen molar-refractivity contribution >= 4 is 16.8 Å². The van der Waals surface area contributed by atoms with E-state index in [0.29, 0.717) is 17.8 Å². The van der Waals surface area contributed by atoms with Gasteiger partial charge in [-0.25, -0.2) is 0 Å². The zero-order valence-corrected chi connectivity index (χ0v) is 18.4. The first-order valence-corrected chi connectivity index (χ1v) is 11.8. The minimum absolute atomic E-state index is 0.0141. The second-order valence-electron chi connectivity index (χ2n) is 9.57. The topological polar surface area (TPSA) is 43.3 Å². The highest BCUT2D eigenvalue weighted by Gasteiger charge is 2.44. The van der Waals surface area contributed by atoms with Gasteiger partial charge in [0.05, 0.1) is 12.8 Å². The summed E-state index contributed by atoms with van der Waals surface area (Å²) in [7, 11) is 3.46. The lowest BCUT2D eigenvalue weighted by Gasteiger charge is -2.24. The normalized spacial score (nSPS) is 22.3. The molecule has 1 amide bonds. The van der Waals surface area contributed by atoms with Gasteiger partial charge in [0.2, 0.25) is 0 Å². The Balaban J connectivity index is 1.65. The SMILES string of the molecule is CNC(=O)c1ccc2c(C3CCCCC3)c3n(c2c1)CC1C[C@H]1c1cc(OC)ccc1-3. The maximum Gasteiger partial charge on any atom is 0.251 e. The molecule has 2 saturated carbocycles. The molecule has 0 spiro atoms. The lowest BCUT2D eigenvalue weighted by molar-refractivity contribution is 0.0963. The van der Waals surface area contributed by atoms with Crippen molar-refractivity contribution in [3.05, 3.63) is 53.1 Å². The van der Waals surface area contributed by atoms with Gasteiger partial charge in [0.15, 0.2) is 0 Å². The summed E-state index contributed by atoms with van der Waals surface area (Å²) in [4.78, 5) is 12.4. The molecule has 3 aromatic rings. The number of hydrogen-bond acceptors (Lipinski definition) is 2. The van der Waals surface area contributed by atoms with Crippen LogP contribution in [0.2, 0.25) is 0 Å². The van der Waals surface area contributed by atoms with Crippen LogP contribution in [-0.2, 0) is 6.54 Å². The van der Waals surface area contributed by atoms with Gasteiger partial charge in [0, 0.05) is 35.6 Å². The molecule has 2 aliphatic carbocycles. The van der Waals surface area contributed by atoms with Gasteiger partial charge in [-0.05, 0) is 78.5 Å². The van der Waals surface area contributed by atoms with Crippen LogP contribution in [0.25, 0.3) is 22.2 Å². The van der Waals surface area contributed by atoms with E-state index < -0.39 is 0 Å². The molecule has 1 N–H and O–H groups in total. The van der Waals surface area contributed by atoms with Crippen LogP contribution in [0.15, 0.2) is 36.4 Å². The quantitative estimate of drug-likeness (QED) is 0.585. The minimum atomic E-state index is -0.0141. The van der Waals surface area contributed by atoms with Crippen LogP contribution < -0.4 is 10.1 Å². The highest BCUT2D eigenvalue weighted by atomic mass is 16.5. The van der Waals surface area contributed by atoms with Crippen molar-refractivity contribution in [2.45, 2.75) is 56.9 Å². The Morgan fingerprint density at radius 3 is 2.71 bits per heavy atom. The van der Waals surface area contributed by atoms with Crippen molar-refractivity contribution in [2.75, 3.05) is 14.2 Å². The van der Waals surface area contributed by atoms with E-state index in [2.05, 4.69) is 40.2 Å². The molecule has 3 aliphatic rings. The molecule has 2 aromatic carbocycles. The average molecular weight is 415 g/mol. The van der Waals surface area contributed by atoms with Crippen LogP contribution in [0.1, 0.15) is 71.8 Å². The fourth-order valence-corrected chi connectivity index (χ4v) is 6.20. The molecule has 1 unspecified atom stereocenters. The highest BCUT2D eigenvalue weighted by Crippen LogP contribution is 2.57. The predicted octanol–water partition coefficient (Wildman–Crippen LogP) is 5.84. The Kier molecular flexibility index (Phi) is 4.38. The fraction of sp³-hybridized carbons (Fsp3) is 0.444. The monoisotopic (exact) mass is 414 g/mol. The van der Waals surface area contributed by atoms with Crippen molar-refractivity contribution in [3.63, 3.8) is 0 Å². The van der Waals surface area contributed by atoms with Gasteiger partial charge in [0.1, 0.15) is 5.75 Å². The van der Waals surface area contributed by atoms with Gasteiger partial charge in [-0.2, -0.15) is 0 Å². The van der Waals surface area contributed by atoms with E-state index in [0.717, 1.165) is 17.9 Å². The Labute approximate surface area is 183 Å². The van der Waals surface area contributed by atoms with E-state index in [4.69, 9.17) is 4.74 Å². The molecule has 4 nitrogen and oxygen atoms in total. The molecular formula is C27H30N2O2. The van der Waals surface area contributed by atoms with E-state index in [1.807, 2.05) is 6.07 Å². The summed E-state index contributed by atoms with van der Waals surface area (Å²) >= 11 is 0. The average Bonchev–Trinajstić information content (AvgIpc) is 3.54. The van der Waals surface area contributed by atoms with Gasteiger partial charge < -0.3 is 14.6 Å². The van der Waals surface area contributed by atoms with Crippen molar-refractivity contribution in [1.29, 1.82) is 0 Å². The number of hydrogen-bond donors (Lipinski definition) is 1. The molecule has 0 radical (unpaired) electrons. The van der Waals surface area contributed by atoms with Crippen LogP contribution in [0.4, 0.5) is 0 Å². The molecule has 160 valence electrons. The Bertz CT molecular complexity index is 1190. The van der Waals surface area contributed by atoms with Gasteiger partial charge in [-0.1, -0.05) is 25.3 Å². The molecule has 2 heterocycles. The van der Waals surface area contributed by atoms with E-state index in [-0.39, 0.29) is 5.91 Å². The third-order valence-electron chi connectivity index (χ3n) is 7.86. The second-order valence-corrected chi connectivity index (χ2v) is 9.57. The summed E-state index contributed by atoms with van der Waals surface area (Å²) in [6, 6.07) is 13.0. The molecule has 6 rings (SSSR count). The third kappa shape index (κ3) is 2.91. The molecule has 2 fully saturated rings. The molecule has 1 aromatic heterocycles. The molecule has 1 aliphatic heterocycles. The molecule has 0 saturated heterocycles. The summed E-state index contributed by atoms with van der Waals surface area (Å²) < 4.78 is 8.13. The highest BCUT2D eigenvalue weighted by molar-refractivity contribution is 6.01. The zero-order valence-electron chi connectivity index (χ0n) is 18.4. The van der Waals surface area contributed by atoms with Crippen molar-refractivity contribution in [2.24, 2.45) is 5.92 Å². The Hall–Kier alpha value is -2.75. The van der Waals surface area contributed by atoms with Crippen molar-refractivity contribution < 1.29 is 9.53 Å². The Morgan fingerprint density at radius 1 is 1.10 bits per heavy atom. The number of amides is 1. The largest absolute Gasteiger partial charge is 0.497 e. The number of methoxy groups -OCH3 is 1. The summed E-state index contributed by atoms with van der Waals surface area (Å²) in [5, 5.41) is 4.13. The zero-order chi connectivity index (χ0) is 21.1. The van der Waals surface area contributed by atoms with E-state index in [1.54, 1.807) is 14.2 Å². The lowest BCUT2D eigenvalue weighted by Crippen LogP contribution is -2.17. The van der Waals surface area contributed by atoms with Crippen LogP contribution >= 0.6 is 0 Å². The van der Waals surface area contributed by atoms with Gasteiger partial charge in [-0.15, -0.1) is 0 Å². The summed E-state index contributed by atoms with van der Waals surface area (Å²) in [6.07, 6.45) is 7.75. The fourth-order valence-electron chi connectivity index (χ4n) is 6.20. The van der Waals surface area contributed by atoms with Crippen molar-refractivity contribution in [3.8, 4) is 17.0 Å². The number of benzene rings is 2. The number of ether oxygens (including phenoxy) is 1. The Morgan fingerprint density at radius 2 is 1.94 bits per heavy atom. The molecule has 2 atom stereocenters. The van der Waals surface area contributed by atoms with Gasteiger partial charge in [0.25, 0.3) is 5.91 Å². The number of carbonyl (C=O) groups excluding carboxylic acids is 1. The molecule has 0 bridgehead atoms. The van der Waals surface area contributed by atoms with Crippen LogP contribution in [0, 0.1) is 5.92 Å². The number of carbonyl (C=O) groups is 1. The smallest absolute Gasteiger partial charge is 0.251 e. The number of nitrogens with one attached hydrogen (secondary N) is 1. The summed E-state index contributed by atoms with van der Waals surface area (Å²) in [5.74, 6) is 2.84. The number of rotatable bonds is 3. The van der Waals surface area contributed by atoms with Crippen LogP contribution in [-0.4, -0.2) is 24.6 Å². The minimum Gasteiger partial charge on any atom is -0.497 e. The molecule has 4 heteroatoms. The molecular weight excluding hydrogens is 384 g/mol. The first kappa shape index (κ1) is 19.0. The van der Waals surface area contributed by atoms with E-state index in [1.165, 1.54) is 71.8 Å². The number of fused-ring (bicyclic) bond motifs is 7. The summed E-state index contributed by atoms with van der Waals surface area (Å²) in [6.45, 7) is 1.04. The predicted molar refractivity (Wildman–Crippen MR) is 124 cm³/mol.